The van der Waals surface area contributed by atoms with Gasteiger partial charge in [-0.25, -0.2) is 0 Å². The van der Waals surface area contributed by atoms with Crippen molar-refractivity contribution in [2.24, 2.45) is 0 Å². The second-order valence-electron chi connectivity index (χ2n) is 9.97. The number of carbonyl (C=O) groups excluding carboxylic acids is 1. The van der Waals surface area contributed by atoms with Crippen LogP contribution in [0.2, 0.25) is 0 Å². The van der Waals surface area contributed by atoms with E-state index in [0.29, 0.717) is 23.6 Å². The van der Waals surface area contributed by atoms with Crippen LogP contribution in [-0.4, -0.2) is 78.4 Å². The number of carbonyl (C=O) groups is 1. The molecule has 0 saturated carbocycles. The summed E-state index contributed by atoms with van der Waals surface area (Å²) in [6.45, 7) is 4.30. The topological polar surface area (TPSA) is 88.3 Å². The van der Waals surface area contributed by atoms with Gasteiger partial charge in [-0.15, -0.1) is 0 Å². The van der Waals surface area contributed by atoms with E-state index in [4.69, 9.17) is 14.0 Å². The van der Waals surface area contributed by atoms with Crippen LogP contribution in [0.5, 0.6) is 5.75 Å². The highest BCUT2D eigenvalue weighted by atomic mass is 16.5. The SMILES string of the molecule is COCc1cc(C(=O)c2ccccc2OCC(O)CN2CCN(C(c3ccccc3)c3ccccc3)CC2)on1. The van der Waals surface area contributed by atoms with Gasteiger partial charge in [0, 0.05) is 45.9 Å². The van der Waals surface area contributed by atoms with E-state index >= 15 is 0 Å². The number of ether oxygens (including phenoxy) is 2. The van der Waals surface area contributed by atoms with Crippen LogP contribution in [0.15, 0.2) is 95.5 Å². The van der Waals surface area contributed by atoms with Crippen molar-refractivity contribution in [2.75, 3.05) is 46.4 Å². The monoisotopic (exact) mass is 541 g/mol. The number of hydrogen-bond acceptors (Lipinski definition) is 8. The molecule has 1 atom stereocenters. The maximum Gasteiger partial charge on any atom is 0.234 e. The van der Waals surface area contributed by atoms with Crippen molar-refractivity contribution in [3.05, 3.63) is 119 Å². The molecular weight excluding hydrogens is 506 g/mol. The van der Waals surface area contributed by atoms with Crippen LogP contribution in [0.1, 0.15) is 39.0 Å². The lowest BCUT2D eigenvalue weighted by Gasteiger charge is -2.40. The van der Waals surface area contributed by atoms with Crippen LogP contribution in [0.4, 0.5) is 0 Å². The molecule has 0 radical (unpaired) electrons. The molecule has 4 aromatic rings. The summed E-state index contributed by atoms with van der Waals surface area (Å²) in [5.74, 6) is 0.183. The average Bonchev–Trinajstić information content (AvgIpc) is 3.47. The Morgan fingerprint density at radius 1 is 0.925 bits per heavy atom. The first-order valence-corrected chi connectivity index (χ1v) is 13.6. The third kappa shape index (κ3) is 6.84. The summed E-state index contributed by atoms with van der Waals surface area (Å²) in [6, 6.07) is 29.9. The molecule has 0 amide bonds. The van der Waals surface area contributed by atoms with Crippen LogP contribution in [0, 0.1) is 0 Å². The van der Waals surface area contributed by atoms with Gasteiger partial charge < -0.3 is 19.1 Å². The number of ketones is 1. The van der Waals surface area contributed by atoms with Gasteiger partial charge in [0.2, 0.25) is 11.5 Å². The van der Waals surface area contributed by atoms with Gasteiger partial charge in [0.05, 0.1) is 18.2 Å². The van der Waals surface area contributed by atoms with Gasteiger partial charge in [0.25, 0.3) is 0 Å². The molecule has 1 fully saturated rings. The number of nitrogens with zero attached hydrogens (tertiary/aromatic N) is 3. The Balaban J connectivity index is 1.16. The quantitative estimate of drug-likeness (QED) is 0.267. The highest BCUT2D eigenvalue weighted by Gasteiger charge is 2.27. The molecule has 5 rings (SSSR count). The smallest absolute Gasteiger partial charge is 0.234 e. The fourth-order valence-electron chi connectivity index (χ4n) is 5.17. The highest BCUT2D eigenvalue weighted by molar-refractivity contribution is 6.08. The zero-order chi connectivity index (χ0) is 27.7. The summed E-state index contributed by atoms with van der Waals surface area (Å²) >= 11 is 0. The van der Waals surface area contributed by atoms with Gasteiger partial charge in [0.1, 0.15) is 24.2 Å². The largest absolute Gasteiger partial charge is 0.490 e. The zero-order valence-electron chi connectivity index (χ0n) is 22.7. The van der Waals surface area contributed by atoms with E-state index in [0.717, 1.165) is 26.2 Å². The summed E-state index contributed by atoms with van der Waals surface area (Å²) in [5, 5.41) is 14.7. The van der Waals surface area contributed by atoms with Gasteiger partial charge in [0.15, 0.2) is 0 Å². The molecular formula is C32H35N3O5. The Morgan fingerprint density at radius 3 is 2.20 bits per heavy atom. The van der Waals surface area contributed by atoms with E-state index in [9.17, 15) is 9.90 Å². The molecule has 0 spiro atoms. The van der Waals surface area contributed by atoms with Gasteiger partial charge >= 0.3 is 0 Å². The maximum atomic E-state index is 13.0. The lowest BCUT2D eigenvalue weighted by atomic mass is 9.96. The number of β-amino-alcohol motifs (C(OH)–C–C–N with tert-alkyl or cyclic N) is 1. The average molecular weight is 542 g/mol. The summed E-state index contributed by atoms with van der Waals surface area (Å²) in [5.41, 5.74) is 3.46. The second kappa shape index (κ2) is 13.5. The molecule has 208 valence electrons. The molecule has 0 aliphatic carbocycles. The summed E-state index contributed by atoms with van der Waals surface area (Å²) in [4.78, 5) is 17.8. The molecule has 3 aromatic carbocycles. The normalized spacial score (nSPS) is 15.3. The number of hydrogen-bond donors (Lipinski definition) is 1. The Kier molecular flexibility index (Phi) is 9.36. The van der Waals surface area contributed by atoms with Crippen LogP contribution in [-0.2, 0) is 11.3 Å². The van der Waals surface area contributed by atoms with E-state index in [1.807, 2.05) is 12.1 Å². The van der Waals surface area contributed by atoms with Gasteiger partial charge in [-0.3, -0.25) is 14.6 Å². The molecule has 1 aliphatic heterocycles. The van der Waals surface area contributed by atoms with Gasteiger partial charge in [-0.2, -0.15) is 0 Å². The second-order valence-corrected chi connectivity index (χ2v) is 9.97. The minimum atomic E-state index is -0.702. The summed E-state index contributed by atoms with van der Waals surface area (Å²) < 4.78 is 16.2. The molecule has 1 N–H and O–H groups in total. The Morgan fingerprint density at radius 2 is 1.55 bits per heavy atom. The number of piperazine rings is 1. The fraction of sp³-hybridized carbons (Fsp3) is 0.312. The lowest BCUT2D eigenvalue weighted by molar-refractivity contribution is 0.0398. The van der Waals surface area contributed by atoms with Crippen molar-refractivity contribution in [1.82, 2.24) is 15.0 Å². The molecule has 40 heavy (non-hydrogen) atoms. The number of aliphatic hydroxyl groups excluding tert-OH is 1. The molecule has 1 aromatic heterocycles. The fourth-order valence-corrected chi connectivity index (χ4v) is 5.17. The number of aliphatic hydroxyl groups is 1. The number of aromatic nitrogens is 1. The van der Waals surface area contributed by atoms with Crippen molar-refractivity contribution in [3.63, 3.8) is 0 Å². The Bertz CT molecular complexity index is 1310. The number of para-hydroxylation sites is 1. The molecule has 0 bridgehead atoms. The minimum Gasteiger partial charge on any atom is -0.490 e. The van der Waals surface area contributed by atoms with Crippen LogP contribution >= 0.6 is 0 Å². The van der Waals surface area contributed by atoms with Crippen LogP contribution in [0.25, 0.3) is 0 Å². The first kappa shape index (κ1) is 27.7. The first-order chi connectivity index (χ1) is 19.6. The van der Waals surface area contributed by atoms with Crippen LogP contribution in [0.3, 0.4) is 0 Å². The summed E-state index contributed by atoms with van der Waals surface area (Å²) in [6.07, 6.45) is -0.702. The standard InChI is InChI=1S/C32H35N3O5/c1-38-22-26-20-30(40-33-26)32(37)28-14-8-9-15-29(28)39-23-27(36)21-34-16-18-35(19-17-34)31(24-10-4-2-5-11-24)25-12-6-3-7-13-25/h2-15,20,27,31,36H,16-19,21-23H2,1H3. The van der Waals surface area contributed by atoms with Crippen molar-refractivity contribution in [2.45, 2.75) is 18.8 Å². The van der Waals surface area contributed by atoms with E-state index in [2.05, 4.69) is 63.5 Å². The van der Waals surface area contributed by atoms with Crippen LogP contribution < -0.4 is 4.74 Å². The number of methoxy groups -OCH3 is 1. The highest BCUT2D eigenvalue weighted by Crippen LogP contribution is 2.29. The molecule has 8 heteroatoms. The Labute approximate surface area is 234 Å². The van der Waals surface area contributed by atoms with E-state index in [1.54, 1.807) is 37.4 Å². The molecule has 1 aliphatic rings. The third-order valence-corrected chi connectivity index (χ3v) is 7.11. The van der Waals surface area contributed by atoms with Gasteiger partial charge in [-0.1, -0.05) is 78.0 Å². The lowest BCUT2D eigenvalue weighted by Crippen LogP contribution is -2.50. The van der Waals surface area contributed by atoms with Crippen molar-refractivity contribution in [3.8, 4) is 5.75 Å². The zero-order valence-corrected chi connectivity index (χ0v) is 22.7. The van der Waals surface area contributed by atoms with E-state index in [-0.39, 0.29) is 30.8 Å². The van der Waals surface area contributed by atoms with E-state index < -0.39 is 6.10 Å². The molecule has 2 heterocycles. The first-order valence-electron chi connectivity index (χ1n) is 13.6. The minimum absolute atomic E-state index is 0.0759. The maximum absolute atomic E-state index is 13.0. The van der Waals surface area contributed by atoms with Gasteiger partial charge in [-0.05, 0) is 23.3 Å². The molecule has 1 saturated heterocycles. The van der Waals surface area contributed by atoms with Crippen molar-refractivity contribution >= 4 is 5.78 Å². The van der Waals surface area contributed by atoms with E-state index in [1.165, 1.54) is 11.1 Å². The van der Waals surface area contributed by atoms with Crippen molar-refractivity contribution in [1.29, 1.82) is 0 Å². The number of rotatable bonds is 12. The predicted octanol–water partition coefficient (Wildman–Crippen LogP) is 4.20. The van der Waals surface area contributed by atoms with Crippen molar-refractivity contribution < 1.29 is 23.9 Å². The molecule has 1 unspecified atom stereocenters. The summed E-state index contributed by atoms with van der Waals surface area (Å²) in [7, 11) is 1.55. The Hall–Kier alpha value is -3.82. The third-order valence-electron chi connectivity index (χ3n) is 7.11. The number of benzene rings is 3. The predicted molar refractivity (Wildman–Crippen MR) is 151 cm³/mol. The molecule has 8 nitrogen and oxygen atoms in total.